The summed E-state index contributed by atoms with van der Waals surface area (Å²) in [5, 5.41) is 17.4. The molecule has 1 saturated carbocycles. The summed E-state index contributed by atoms with van der Waals surface area (Å²) in [4.78, 5) is 21.1. The van der Waals surface area contributed by atoms with Gasteiger partial charge in [0.15, 0.2) is 0 Å². The van der Waals surface area contributed by atoms with E-state index in [1.54, 1.807) is 13.8 Å². The van der Waals surface area contributed by atoms with Crippen LogP contribution in [0.5, 0.6) is 0 Å². The average Bonchev–Trinajstić information content (AvgIpc) is 1.83. The van der Waals surface area contributed by atoms with Gasteiger partial charge in [-0.25, -0.2) is 0 Å². The highest BCUT2D eigenvalue weighted by Gasteiger charge is 2.55. The molecule has 0 aromatic rings. The second-order valence-corrected chi connectivity index (χ2v) is 3.84. The normalized spacial score (nSPS) is 32.2. The largest absolute Gasteiger partial charge is 0.481 e. The minimum atomic E-state index is -0.891. The maximum Gasteiger partial charge on any atom is 0.307 e. The summed E-state index contributed by atoms with van der Waals surface area (Å²) in [6.07, 6.45) is 0.262. The van der Waals surface area contributed by atoms with E-state index in [9.17, 15) is 9.59 Å². The Bertz CT molecular complexity index is 209. The molecule has 1 rings (SSSR count). The number of hydrogen-bond donors (Lipinski definition) is 2. The molecule has 4 nitrogen and oxygen atoms in total. The molecule has 0 aliphatic heterocycles. The van der Waals surface area contributed by atoms with Crippen molar-refractivity contribution in [1.29, 1.82) is 0 Å². The Morgan fingerprint density at radius 3 is 1.67 bits per heavy atom. The van der Waals surface area contributed by atoms with Crippen LogP contribution in [0.1, 0.15) is 20.3 Å². The first kappa shape index (κ1) is 9.03. The van der Waals surface area contributed by atoms with E-state index in [1.807, 2.05) is 0 Å². The van der Waals surface area contributed by atoms with Gasteiger partial charge in [-0.1, -0.05) is 13.8 Å². The maximum atomic E-state index is 10.6. The van der Waals surface area contributed by atoms with Crippen LogP contribution in [0.3, 0.4) is 0 Å². The van der Waals surface area contributed by atoms with Crippen LogP contribution < -0.4 is 0 Å². The summed E-state index contributed by atoms with van der Waals surface area (Å²) in [6.45, 7) is 3.38. The van der Waals surface area contributed by atoms with E-state index in [4.69, 9.17) is 10.2 Å². The van der Waals surface area contributed by atoms with Crippen molar-refractivity contribution >= 4 is 11.9 Å². The molecule has 0 spiro atoms. The molecular weight excluding hydrogens is 160 g/mol. The molecule has 0 bridgehead atoms. The molecule has 2 unspecified atom stereocenters. The Balaban J connectivity index is 2.72. The Morgan fingerprint density at radius 1 is 1.17 bits per heavy atom. The number of carboxylic acid groups (broad SMARTS) is 2. The van der Waals surface area contributed by atoms with Crippen molar-refractivity contribution in [2.45, 2.75) is 20.3 Å². The van der Waals surface area contributed by atoms with Crippen molar-refractivity contribution in [2.75, 3.05) is 0 Å². The predicted molar refractivity (Wildman–Crippen MR) is 40.6 cm³/mol. The lowest BCUT2D eigenvalue weighted by atomic mass is 9.55. The predicted octanol–water partition coefficient (Wildman–Crippen LogP) is 0.818. The van der Waals surface area contributed by atoms with Gasteiger partial charge < -0.3 is 10.2 Å². The van der Waals surface area contributed by atoms with Gasteiger partial charge in [0.2, 0.25) is 0 Å². The third kappa shape index (κ3) is 1.07. The second kappa shape index (κ2) is 2.47. The van der Waals surface area contributed by atoms with E-state index in [1.165, 1.54) is 0 Å². The second-order valence-electron chi connectivity index (χ2n) is 3.84. The van der Waals surface area contributed by atoms with E-state index < -0.39 is 29.2 Å². The standard InChI is InChI=1S/C8H12O4/c1-8(2)4(6(9)10)3-5(8)7(11)12/h4-5H,3H2,1-2H3,(H,9,10)(H,11,12). The lowest BCUT2D eigenvalue weighted by Gasteiger charge is -2.47. The number of carboxylic acids is 2. The van der Waals surface area contributed by atoms with Crippen molar-refractivity contribution in [2.24, 2.45) is 17.3 Å². The monoisotopic (exact) mass is 172 g/mol. The molecule has 0 radical (unpaired) electrons. The van der Waals surface area contributed by atoms with Crippen molar-refractivity contribution in [3.8, 4) is 0 Å². The van der Waals surface area contributed by atoms with Gasteiger partial charge in [0.25, 0.3) is 0 Å². The van der Waals surface area contributed by atoms with Gasteiger partial charge in [-0.05, 0) is 11.8 Å². The zero-order valence-electron chi connectivity index (χ0n) is 7.07. The van der Waals surface area contributed by atoms with Gasteiger partial charge in [0.05, 0.1) is 11.8 Å². The van der Waals surface area contributed by atoms with Crippen LogP contribution in [0.15, 0.2) is 0 Å². The van der Waals surface area contributed by atoms with Crippen LogP contribution in [0, 0.1) is 17.3 Å². The summed E-state index contributed by atoms with van der Waals surface area (Å²) in [7, 11) is 0. The van der Waals surface area contributed by atoms with Crippen LogP contribution >= 0.6 is 0 Å². The maximum absolute atomic E-state index is 10.6. The molecule has 1 aliphatic rings. The molecule has 0 aromatic heterocycles. The van der Waals surface area contributed by atoms with E-state index in [2.05, 4.69) is 0 Å². The molecule has 68 valence electrons. The van der Waals surface area contributed by atoms with Gasteiger partial charge in [-0.2, -0.15) is 0 Å². The van der Waals surface area contributed by atoms with E-state index in [-0.39, 0.29) is 6.42 Å². The van der Waals surface area contributed by atoms with Crippen molar-refractivity contribution in [1.82, 2.24) is 0 Å². The van der Waals surface area contributed by atoms with Crippen LogP contribution in [-0.4, -0.2) is 22.2 Å². The van der Waals surface area contributed by atoms with Crippen LogP contribution in [0.4, 0.5) is 0 Å². The zero-order chi connectivity index (χ0) is 9.52. The average molecular weight is 172 g/mol. The molecule has 4 heteroatoms. The van der Waals surface area contributed by atoms with Crippen molar-refractivity contribution in [3.05, 3.63) is 0 Å². The highest BCUT2D eigenvalue weighted by atomic mass is 16.4. The quantitative estimate of drug-likeness (QED) is 0.646. The first-order valence-corrected chi connectivity index (χ1v) is 3.83. The fourth-order valence-corrected chi connectivity index (χ4v) is 1.76. The highest BCUT2D eigenvalue weighted by molar-refractivity contribution is 5.79. The number of aliphatic carboxylic acids is 2. The highest BCUT2D eigenvalue weighted by Crippen LogP contribution is 2.51. The van der Waals surface area contributed by atoms with Crippen molar-refractivity contribution < 1.29 is 19.8 Å². The molecule has 2 atom stereocenters. The number of rotatable bonds is 2. The Morgan fingerprint density at radius 2 is 1.50 bits per heavy atom. The summed E-state index contributed by atoms with van der Waals surface area (Å²) in [5.41, 5.74) is -0.600. The Kier molecular flexibility index (Phi) is 1.86. The molecule has 2 N–H and O–H groups in total. The van der Waals surface area contributed by atoms with Gasteiger partial charge in [-0.15, -0.1) is 0 Å². The minimum Gasteiger partial charge on any atom is -0.481 e. The van der Waals surface area contributed by atoms with Crippen LogP contribution in [0.2, 0.25) is 0 Å². The first-order valence-electron chi connectivity index (χ1n) is 3.83. The van der Waals surface area contributed by atoms with E-state index >= 15 is 0 Å². The molecule has 12 heavy (non-hydrogen) atoms. The summed E-state index contributed by atoms with van der Waals surface area (Å²) >= 11 is 0. The third-order valence-electron chi connectivity index (χ3n) is 2.86. The smallest absolute Gasteiger partial charge is 0.307 e. The molecule has 0 amide bonds. The van der Waals surface area contributed by atoms with Gasteiger partial charge in [-0.3, -0.25) is 9.59 Å². The van der Waals surface area contributed by atoms with E-state index in [0.717, 1.165) is 0 Å². The summed E-state index contributed by atoms with van der Waals surface area (Å²) in [6, 6.07) is 0. The van der Waals surface area contributed by atoms with Gasteiger partial charge in [0, 0.05) is 0 Å². The van der Waals surface area contributed by atoms with E-state index in [0.29, 0.717) is 0 Å². The van der Waals surface area contributed by atoms with Crippen LogP contribution in [0.25, 0.3) is 0 Å². The third-order valence-corrected chi connectivity index (χ3v) is 2.86. The molecule has 0 heterocycles. The summed E-state index contributed by atoms with van der Waals surface area (Å²) in [5.74, 6) is -2.78. The zero-order valence-corrected chi connectivity index (χ0v) is 7.07. The van der Waals surface area contributed by atoms with Gasteiger partial charge >= 0.3 is 11.9 Å². The Hall–Kier alpha value is -1.06. The fraction of sp³-hybridized carbons (Fsp3) is 0.750. The lowest BCUT2D eigenvalue weighted by Crippen LogP contribution is -2.52. The number of hydrogen-bond acceptors (Lipinski definition) is 2. The SMILES string of the molecule is CC1(C)C(C(=O)O)CC1C(=O)O. The Labute approximate surface area is 70.2 Å². The number of carbonyl (C=O) groups is 2. The molecule has 1 fully saturated rings. The minimum absolute atomic E-state index is 0.262. The summed E-state index contributed by atoms with van der Waals surface area (Å²) < 4.78 is 0. The molecule has 1 aliphatic carbocycles. The first-order chi connectivity index (χ1) is 5.37. The topological polar surface area (TPSA) is 74.6 Å². The van der Waals surface area contributed by atoms with Crippen molar-refractivity contribution in [3.63, 3.8) is 0 Å². The molecule has 0 saturated heterocycles. The molecule has 0 aromatic carbocycles. The lowest BCUT2D eigenvalue weighted by molar-refractivity contribution is -0.171. The van der Waals surface area contributed by atoms with Gasteiger partial charge in [0.1, 0.15) is 0 Å². The fourth-order valence-electron chi connectivity index (χ4n) is 1.76. The van der Waals surface area contributed by atoms with Crippen LogP contribution in [-0.2, 0) is 9.59 Å². The molecular formula is C8H12O4.